The summed E-state index contributed by atoms with van der Waals surface area (Å²) in [4.78, 5) is 4.05. The molecule has 0 saturated carbocycles. The largest absolute Gasteiger partial charge is 0.310 e. The molecule has 0 saturated heterocycles. The van der Waals surface area contributed by atoms with Crippen molar-refractivity contribution >= 4 is 23.2 Å². The fourth-order valence-electron chi connectivity index (χ4n) is 2.15. The molecular formula is C16H18Cl2N2. The number of hydrogen-bond acceptors (Lipinski definition) is 2. The third-order valence-electron chi connectivity index (χ3n) is 3.19. The summed E-state index contributed by atoms with van der Waals surface area (Å²) in [5.74, 6) is 0. The fraction of sp³-hybridized carbons (Fsp3) is 0.312. The topological polar surface area (TPSA) is 24.9 Å². The second-order valence-electron chi connectivity index (χ2n) is 4.71. The first-order chi connectivity index (χ1) is 9.72. The van der Waals surface area contributed by atoms with Crippen LogP contribution in [0.1, 0.15) is 30.5 Å². The van der Waals surface area contributed by atoms with E-state index in [0.717, 1.165) is 24.9 Å². The molecule has 1 N–H and O–H groups in total. The molecule has 2 aromatic rings. The quantitative estimate of drug-likeness (QED) is 0.838. The van der Waals surface area contributed by atoms with Gasteiger partial charge in [-0.3, -0.25) is 4.98 Å². The molecule has 2 nitrogen and oxygen atoms in total. The van der Waals surface area contributed by atoms with E-state index in [2.05, 4.69) is 17.2 Å². The van der Waals surface area contributed by atoms with Crippen molar-refractivity contribution in [1.82, 2.24) is 10.3 Å². The van der Waals surface area contributed by atoms with Crippen molar-refractivity contribution in [2.45, 2.75) is 25.8 Å². The summed E-state index contributed by atoms with van der Waals surface area (Å²) >= 11 is 12.5. The molecule has 106 valence electrons. The molecule has 1 heterocycles. The first-order valence-corrected chi connectivity index (χ1v) is 7.54. The van der Waals surface area contributed by atoms with Gasteiger partial charge in [-0.1, -0.05) is 42.3 Å². The van der Waals surface area contributed by atoms with E-state index >= 15 is 0 Å². The van der Waals surface area contributed by atoms with E-state index < -0.39 is 0 Å². The molecule has 0 aliphatic heterocycles. The van der Waals surface area contributed by atoms with Crippen molar-refractivity contribution in [3.63, 3.8) is 0 Å². The monoisotopic (exact) mass is 308 g/mol. The number of halogens is 2. The molecule has 0 bridgehead atoms. The van der Waals surface area contributed by atoms with E-state index in [0.29, 0.717) is 10.0 Å². The van der Waals surface area contributed by atoms with Gasteiger partial charge in [-0.2, -0.15) is 0 Å². The zero-order valence-electron chi connectivity index (χ0n) is 11.4. The van der Waals surface area contributed by atoms with Gasteiger partial charge in [-0.15, -0.1) is 0 Å². The molecule has 0 radical (unpaired) electrons. The Labute approximate surface area is 130 Å². The van der Waals surface area contributed by atoms with Gasteiger partial charge in [-0.05, 0) is 48.7 Å². The van der Waals surface area contributed by atoms with Crippen LogP contribution in [0, 0.1) is 0 Å². The predicted molar refractivity (Wildman–Crippen MR) is 85.4 cm³/mol. The average molecular weight is 309 g/mol. The van der Waals surface area contributed by atoms with Crippen molar-refractivity contribution in [3.05, 3.63) is 63.9 Å². The Balaban J connectivity index is 2.25. The third-order valence-corrected chi connectivity index (χ3v) is 4.02. The maximum Gasteiger partial charge on any atom is 0.0640 e. The zero-order valence-corrected chi connectivity index (χ0v) is 13.0. The second-order valence-corrected chi connectivity index (χ2v) is 5.49. The van der Waals surface area contributed by atoms with Crippen molar-refractivity contribution in [2.75, 3.05) is 6.54 Å². The van der Waals surface area contributed by atoms with E-state index in [4.69, 9.17) is 23.2 Å². The molecule has 4 heteroatoms. The number of rotatable bonds is 6. The molecule has 1 aromatic heterocycles. The lowest BCUT2D eigenvalue weighted by molar-refractivity contribution is 0.529. The van der Waals surface area contributed by atoms with Gasteiger partial charge in [0.15, 0.2) is 0 Å². The lowest BCUT2D eigenvalue weighted by Gasteiger charge is -2.20. The maximum absolute atomic E-state index is 6.35. The Morgan fingerprint density at radius 1 is 1.15 bits per heavy atom. The van der Waals surface area contributed by atoms with Crippen molar-refractivity contribution in [2.24, 2.45) is 0 Å². The highest BCUT2D eigenvalue weighted by Gasteiger charge is 2.16. The van der Waals surface area contributed by atoms with Crippen LogP contribution in [0.4, 0.5) is 0 Å². The van der Waals surface area contributed by atoms with Crippen molar-refractivity contribution in [1.29, 1.82) is 0 Å². The maximum atomic E-state index is 6.35. The van der Waals surface area contributed by atoms with Crippen LogP contribution in [-0.2, 0) is 6.42 Å². The van der Waals surface area contributed by atoms with Gasteiger partial charge in [0.1, 0.15) is 0 Å². The summed E-state index contributed by atoms with van der Waals surface area (Å²) in [5, 5.41) is 4.77. The first-order valence-electron chi connectivity index (χ1n) is 6.78. The van der Waals surface area contributed by atoms with Crippen LogP contribution in [-0.4, -0.2) is 11.5 Å². The highest BCUT2D eigenvalue weighted by molar-refractivity contribution is 6.42. The summed E-state index contributed by atoms with van der Waals surface area (Å²) in [6.45, 7) is 3.09. The van der Waals surface area contributed by atoms with Crippen molar-refractivity contribution < 1.29 is 0 Å². The number of hydrogen-bond donors (Lipinski definition) is 1. The third kappa shape index (κ3) is 3.95. The van der Waals surface area contributed by atoms with E-state index in [1.54, 1.807) is 0 Å². The van der Waals surface area contributed by atoms with Gasteiger partial charge in [0, 0.05) is 18.4 Å². The lowest BCUT2D eigenvalue weighted by atomic mass is 9.99. The number of nitrogens with zero attached hydrogens (tertiary/aromatic N) is 1. The molecule has 1 atom stereocenters. The Morgan fingerprint density at radius 3 is 2.60 bits per heavy atom. The molecule has 20 heavy (non-hydrogen) atoms. The SMILES string of the molecule is CCCNC(Cc1ccncc1)c1cccc(Cl)c1Cl. The lowest BCUT2D eigenvalue weighted by Crippen LogP contribution is -2.24. The van der Waals surface area contributed by atoms with Crippen LogP contribution >= 0.6 is 23.2 Å². The molecule has 0 aliphatic rings. The molecule has 0 aliphatic carbocycles. The minimum absolute atomic E-state index is 0.156. The standard InChI is InChI=1S/C16H18Cl2N2/c1-2-8-20-15(11-12-6-9-19-10-7-12)13-4-3-5-14(17)16(13)18/h3-7,9-10,15,20H,2,8,11H2,1H3. The van der Waals surface area contributed by atoms with E-state index in [9.17, 15) is 0 Å². The average Bonchev–Trinajstić information content (AvgIpc) is 2.48. The minimum Gasteiger partial charge on any atom is -0.310 e. The predicted octanol–water partition coefficient (Wildman–Crippen LogP) is 4.67. The van der Waals surface area contributed by atoms with Gasteiger partial charge >= 0.3 is 0 Å². The summed E-state index contributed by atoms with van der Waals surface area (Å²) in [6.07, 6.45) is 5.56. The zero-order chi connectivity index (χ0) is 14.4. The molecule has 0 amide bonds. The molecule has 1 aromatic carbocycles. The van der Waals surface area contributed by atoms with Crippen LogP contribution in [0.25, 0.3) is 0 Å². The molecule has 2 rings (SSSR count). The number of nitrogens with one attached hydrogen (secondary N) is 1. The Hall–Kier alpha value is -1.09. The molecule has 0 spiro atoms. The van der Waals surface area contributed by atoms with Crippen LogP contribution in [0.15, 0.2) is 42.7 Å². The number of pyridine rings is 1. The summed E-state index contributed by atoms with van der Waals surface area (Å²) in [6, 6.07) is 10.00. The van der Waals surface area contributed by atoms with Gasteiger partial charge < -0.3 is 5.32 Å². The molecule has 1 unspecified atom stereocenters. The van der Waals surface area contributed by atoms with Gasteiger partial charge in [-0.25, -0.2) is 0 Å². The van der Waals surface area contributed by atoms with Crippen LogP contribution < -0.4 is 5.32 Å². The van der Waals surface area contributed by atoms with Crippen molar-refractivity contribution in [3.8, 4) is 0 Å². The first kappa shape index (κ1) is 15.3. The van der Waals surface area contributed by atoms with E-state index in [1.807, 2.05) is 42.7 Å². The number of aromatic nitrogens is 1. The summed E-state index contributed by atoms with van der Waals surface area (Å²) < 4.78 is 0. The smallest absolute Gasteiger partial charge is 0.0640 e. The second kappa shape index (κ2) is 7.63. The highest BCUT2D eigenvalue weighted by Crippen LogP contribution is 2.31. The fourth-order valence-corrected chi connectivity index (χ4v) is 2.59. The summed E-state index contributed by atoms with van der Waals surface area (Å²) in [5.41, 5.74) is 2.27. The molecule has 0 fully saturated rings. The Kier molecular flexibility index (Phi) is 5.84. The van der Waals surface area contributed by atoms with Gasteiger partial charge in [0.05, 0.1) is 10.0 Å². The molecular weight excluding hydrogens is 291 g/mol. The van der Waals surface area contributed by atoms with Crippen LogP contribution in [0.5, 0.6) is 0 Å². The van der Waals surface area contributed by atoms with E-state index in [-0.39, 0.29) is 6.04 Å². The normalized spacial score (nSPS) is 12.3. The summed E-state index contributed by atoms with van der Waals surface area (Å²) in [7, 11) is 0. The Morgan fingerprint density at radius 2 is 1.90 bits per heavy atom. The van der Waals surface area contributed by atoms with Gasteiger partial charge in [0.2, 0.25) is 0 Å². The van der Waals surface area contributed by atoms with Gasteiger partial charge in [0.25, 0.3) is 0 Å². The number of benzene rings is 1. The van der Waals surface area contributed by atoms with E-state index in [1.165, 1.54) is 5.56 Å². The highest BCUT2D eigenvalue weighted by atomic mass is 35.5. The van der Waals surface area contributed by atoms with Crippen LogP contribution in [0.2, 0.25) is 10.0 Å². The minimum atomic E-state index is 0.156. The van der Waals surface area contributed by atoms with Crippen LogP contribution in [0.3, 0.4) is 0 Å². The Bertz CT molecular complexity index is 543.